The average molecular weight is 260 g/mol. The molecule has 2 aromatic heterocycles. The first-order valence-corrected chi connectivity index (χ1v) is 7.40. The molecule has 0 aromatic carbocycles. The zero-order chi connectivity index (χ0) is 13.5. The first kappa shape index (κ1) is 14.1. The molecule has 0 aliphatic carbocycles. The minimum absolute atomic E-state index is 0.0890. The summed E-state index contributed by atoms with van der Waals surface area (Å²) in [5.41, 5.74) is 1.98. The van der Waals surface area contributed by atoms with Gasteiger partial charge in [-0.25, -0.2) is 4.98 Å². The molecule has 2 heterocycles. The molecule has 0 saturated heterocycles. The monoisotopic (exact) mass is 260 g/mol. The number of rotatable bonds is 8. The van der Waals surface area contributed by atoms with Crippen molar-refractivity contribution < 1.29 is 5.11 Å². The minimum Gasteiger partial charge on any atom is -0.392 e. The van der Waals surface area contributed by atoms with Gasteiger partial charge >= 0.3 is 0 Å². The number of hydrogen-bond acceptors (Lipinski definition) is 2. The van der Waals surface area contributed by atoms with E-state index in [9.17, 15) is 5.11 Å². The molecule has 19 heavy (non-hydrogen) atoms. The molecule has 0 bridgehead atoms. The van der Waals surface area contributed by atoms with Crippen LogP contribution in [0.25, 0.3) is 11.0 Å². The molecule has 0 aliphatic rings. The number of nitrogens with zero attached hydrogens (tertiary/aromatic N) is 2. The molecule has 2 rings (SSSR count). The third-order valence-corrected chi connectivity index (χ3v) is 3.64. The number of aryl methyl sites for hydroxylation is 1. The van der Waals surface area contributed by atoms with Crippen molar-refractivity contribution in [1.29, 1.82) is 0 Å². The summed E-state index contributed by atoms with van der Waals surface area (Å²) in [5, 5.41) is 10.5. The predicted octanol–water partition coefficient (Wildman–Crippen LogP) is 3.89. The Kier molecular flexibility index (Phi) is 5.40. The van der Waals surface area contributed by atoms with Crippen LogP contribution in [0, 0.1) is 0 Å². The maximum atomic E-state index is 9.38. The lowest BCUT2D eigenvalue weighted by molar-refractivity contribution is 0.283. The molecular weight excluding hydrogens is 236 g/mol. The van der Waals surface area contributed by atoms with Crippen molar-refractivity contribution in [1.82, 2.24) is 9.55 Å². The summed E-state index contributed by atoms with van der Waals surface area (Å²) in [4.78, 5) is 4.43. The summed E-state index contributed by atoms with van der Waals surface area (Å²) < 4.78 is 2.18. The van der Waals surface area contributed by atoms with Crippen LogP contribution < -0.4 is 0 Å². The van der Waals surface area contributed by atoms with Gasteiger partial charge < -0.3 is 9.67 Å². The number of fused-ring (bicyclic) bond motifs is 1. The third kappa shape index (κ3) is 3.57. The topological polar surface area (TPSA) is 38.0 Å². The SMILES string of the molecule is CCCCCCCCn1cc(CO)c2cccnc21. The van der Waals surface area contributed by atoms with Gasteiger partial charge in [0.25, 0.3) is 0 Å². The fourth-order valence-corrected chi connectivity index (χ4v) is 2.55. The highest BCUT2D eigenvalue weighted by atomic mass is 16.3. The highest BCUT2D eigenvalue weighted by Gasteiger charge is 2.07. The van der Waals surface area contributed by atoms with Gasteiger partial charge in [-0.3, -0.25) is 0 Å². The standard InChI is InChI=1S/C16H24N2O/c1-2-3-4-5-6-7-11-18-12-14(13-19)15-9-8-10-17-16(15)18/h8-10,12,19H,2-7,11,13H2,1H3. The second-order valence-corrected chi connectivity index (χ2v) is 5.15. The molecule has 0 radical (unpaired) electrons. The molecule has 0 aliphatic heterocycles. The third-order valence-electron chi connectivity index (χ3n) is 3.64. The lowest BCUT2D eigenvalue weighted by Crippen LogP contribution is -1.97. The lowest BCUT2D eigenvalue weighted by Gasteiger charge is -2.04. The molecule has 2 aromatic rings. The number of pyridine rings is 1. The van der Waals surface area contributed by atoms with Crippen molar-refractivity contribution >= 4 is 11.0 Å². The van der Waals surface area contributed by atoms with Crippen LogP contribution in [0.5, 0.6) is 0 Å². The number of aliphatic hydroxyl groups excluding tert-OH is 1. The fraction of sp³-hybridized carbons (Fsp3) is 0.562. The van der Waals surface area contributed by atoms with Crippen LogP contribution in [0.1, 0.15) is 51.0 Å². The Hall–Kier alpha value is -1.35. The second kappa shape index (κ2) is 7.29. The Morgan fingerprint density at radius 1 is 1.16 bits per heavy atom. The second-order valence-electron chi connectivity index (χ2n) is 5.15. The van der Waals surface area contributed by atoms with Crippen LogP contribution in [0.3, 0.4) is 0 Å². The quantitative estimate of drug-likeness (QED) is 0.731. The molecule has 1 N–H and O–H groups in total. The Morgan fingerprint density at radius 2 is 1.95 bits per heavy atom. The largest absolute Gasteiger partial charge is 0.392 e. The smallest absolute Gasteiger partial charge is 0.140 e. The van der Waals surface area contributed by atoms with E-state index in [0.29, 0.717) is 0 Å². The lowest BCUT2D eigenvalue weighted by atomic mass is 10.1. The average Bonchev–Trinajstić information content (AvgIpc) is 2.81. The van der Waals surface area contributed by atoms with Crippen LogP contribution in [0.15, 0.2) is 24.5 Å². The van der Waals surface area contributed by atoms with Gasteiger partial charge in [0.1, 0.15) is 5.65 Å². The Morgan fingerprint density at radius 3 is 2.74 bits per heavy atom. The van der Waals surface area contributed by atoms with Crippen molar-refractivity contribution in [2.45, 2.75) is 58.6 Å². The van der Waals surface area contributed by atoms with E-state index < -0.39 is 0 Å². The first-order valence-electron chi connectivity index (χ1n) is 7.40. The van der Waals surface area contributed by atoms with Crippen LogP contribution in [-0.4, -0.2) is 14.7 Å². The maximum Gasteiger partial charge on any atom is 0.140 e. The van der Waals surface area contributed by atoms with Crippen molar-refractivity contribution in [3.8, 4) is 0 Å². The van der Waals surface area contributed by atoms with E-state index in [1.807, 2.05) is 24.5 Å². The van der Waals surface area contributed by atoms with Gasteiger partial charge in [-0.1, -0.05) is 39.0 Å². The van der Waals surface area contributed by atoms with E-state index in [1.54, 1.807) is 0 Å². The normalized spacial score (nSPS) is 11.3. The molecule has 104 valence electrons. The van der Waals surface area contributed by atoms with Gasteiger partial charge in [0.15, 0.2) is 0 Å². The molecule has 0 saturated carbocycles. The van der Waals surface area contributed by atoms with Gasteiger partial charge in [0.2, 0.25) is 0 Å². The summed E-state index contributed by atoms with van der Waals surface area (Å²) >= 11 is 0. The van der Waals surface area contributed by atoms with E-state index >= 15 is 0 Å². The van der Waals surface area contributed by atoms with E-state index in [4.69, 9.17) is 0 Å². The van der Waals surface area contributed by atoms with Crippen LogP contribution in [-0.2, 0) is 13.2 Å². The van der Waals surface area contributed by atoms with Gasteiger partial charge in [-0.05, 0) is 18.6 Å². The first-order chi connectivity index (χ1) is 9.36. The number of aromatic nitrogens is 2. The van der Waals surface area contributed by atoms with Gasteiger partial charge in [0, 0.05) is 29.9 Å². The van der Waals surface area contributed by atoms with Crippen molar-refractivity contribution in [2.75, 3.05) is 0 Å². The van der Waals surface area contributed by atoms with Crippen molar-refractivity contribution in [3.05, 3.63) is 30.1 Å². The van der Waals surface area contributed by atoms with E-state index in [1.165, 1.54) is 38.5 Å². The summed E-state index contributed by atoms with van der Waals surface area (Å²) in [7, 11) is 0. The molecule has 0 atom stereocenters. The van der Waals surface area contributed by atoms with Crippen molar-refractivity contribution in [2.24, 2.45) is 0 Å². The highest BCUT2D eigenvalue weighted by Crippen LogP contribution is 2.20. The molecule has 0 spiro atoms. The molecule has 0 unspecified atom stereocenters. The van der Waals surface area contributed by atoms with E-state index in [0.717, 1.165) is 23.1 Å². The number of unbranched alkanes of at least 4 members (excludes halogenated alkanes) is 5. The maximum absolute atomic E-state index is 9.38. The highest BCUT2D eigenvalue weighted by molar-refractivity contribution is 5.80. The number of hydrogen-bond donors (Lipinski definition) is 1. The van der Waals surface area contributed by atoms with Gasteiger partial charge in [-0.2, -0.15) is 0 Å². The Bertz CT molecular complexity index is 504. The fourth-order valence-electron chi connectivity index (χ4n) is 2.55. The summed E-state index contributed by atoms with van der Waals surface area (Å²) in [6.45, 7) is 3.33. The zero-order valence-electron chi connectivity index (χ0n) is 11.8. The number of aliphatic hydroxyl groups is 1. The summed E-state index contributed by atoms with van der Waals surface area (Å²) in [6.07, 6.45) is 11.7. The molecule has 0 amide bonds. The molecule has 3 heteroatoms. The Balaban J connectivity index is 1.93. The summed E-state index contributed by atoms with van der Waals surface area (Å²) in [5.74, 6) is 0. The Labute approximate surface area is 115 Å². The molecule has 3 nitrogen and oxygen atoms in total. The zero-order valence-corrected chi connectivity index (χ0v) is 11.8. The van der Waals surface area contributed by atoms with Crippen molar-refractivity contribution in [3.63, 3.8) is 0 Å². The van der Waals surface area contributed by atoms with Gasteiger partial charge in [0.05, 0.1) is 6.61 Å². The van der Waals surface area contributed by atoms with Gasteiger partial charge in [-0.15, -0.1) is 0 Å². The minimum atomic E-state index is 0.0890. The van der Waals surface area contributed by atoms with Crippen LogP contribution in [0.4, 0.5) is 0 Å². The van der Waals surface area contributed by atoms with Crippen LogP contribution in [0.2, 0.25) is 0 Å². The molecule has 0 fully saturated rings. The molecular formula is C16H24N2O. The van der Waals surface area contributed by atoms with E-state index in [-0.39, 0.29) is 6.61 Å². The van der Waals surface area contributed by atoms with Crippen LogP contribution >= 0.6 is 0 Å². The summed E-state index contributed by atoms with van der Waals surface area (Å²) in [6, 6.07) is 3.96. The van der Waals surface area contributed by atoms with E-state index in [2.05, 4.69) is 16.5 Å². The predicted molar refractivity (Wildman–Crippen MR) is 79.0 cm³/mol.